The molecule has 3 saturated heterocycles. The van der Waals surface area contributed by atoms with Crippen LogP contribution in [0, 0.1) is 25.7 Å². The Bertz CT molecular complexity index is 1550. The maximum atomic E-state index is 14.6. The van der Waals surface area contributed by atoms with Crippen LogP contribution in [-0.4, -0.2) is 63.0 Å². The molecule has 0 aliphatic carbocycles. The van der Waals surface area contributed by atoms with Gasteiger partial charge in [-0.15, -0.1) is 11.8 Å². The van der Waals surface area contributed by atoms with Crippen molar-refractivity contribution in [3.05, 3.63) is 89.5 Å². The molecule has 9 heteroatoms. The molecule has 230 valence electrons. The minimum absolute atomic E-state index is 0.0773. The molecule has 3 amide bonds. The van der Waals surface area contributed by atoms with Gasteiger partial charge in [0.15, 0.2) is 0 Å². The topological polar surface area (TPSA) is 108 Å². The molecule has 44 heavy (non-hydrogen) atoms. The van der Waals surface area contributed by atoms with Crippen LogP contribution in [0.1, 0.15) is 36.5 Å². The van der Waals surface area contributed by atoms with E-state index in [4.69, 9.17) is 4.74 Å². The second-order valence-corrected chi connectivity index (χ2v) is 13.7. The number of aliphatic hydroxyl groups excluding tert-OH is 1. The summed E-state index contributed by atoms with van der Waals surface area (Å²) < 4.78 is 4.76. The average molecular weight is 614 g/mol. The number of nitrogens with one attached hydrogen (secondary N) is 2. The summed E-state index contributed by atoms with van der Waals surface area (Å²) in [5.74, 6) is -1.28. The number of aliphatic hydroxyl groups is 1. The molecule has 3 aliphatic heterocycles. The average Bonchev–Trinajstić information content (AvgIpc) is 3.67. The van der Waals surface area contributed by atoms with Gasteiger partial charge in [0.25, 0.3) is 0 Å². The minimum atomic E-state index is -0.834. The van der Waals surface area contributed by atoms with Crippen LogP contribution in [0.3, 0.4) is 0 Å². The maximum Gasteiger partial charge on any atom is 0.248 e. The number of carbonyl (C=O) groups excluding carboxylic acids is 3. The molecule has 6 rings (SSSR count). The van der Waals surface area contributed by atoms with Crippen LogP contribution < -0.4 is 15.4 Å². The highest BCUT2D eigenvalue weighted by molar-refractivity contribution is 8.02. The first-order valence-electron chi connectivity index (χ1n) is 15.3. The molecule has 3 aromatic carbocycles. The van der Waals surface area contributed by atoms with Gasteiger partial charge in [0.1, 0.15) is 11.8 Å². The van der Waals surface area contributed by atoms with Crippen LogP contribution in [0.2, 0.25) is 0 Å². The van der Waals surface area contributed by atoms with E-state index in [1.165, 1.54) is 0 Å². The van der Waals surface area contributed by atoms with Gasteiger partial charge in [0.2, 0.25) is 17.7 Å². The van der Waals surface area contributed by atoms with Crippen LogP contribution in [0.15, 0.2) is 72.8 Å². The predicted octanol–water partition coefficient (Wildman–Crippen LogP) is 4.97. The SMILES string of the molecule is CCOc1ccc(NC(=O)[C@@H]2[C@H]3C(=O)N([C@@H](CO)Cc4ccccc4)C(C(=O)Nc4cc(C)ccc4C)C34CC[C@H]2S4)cc1. The smallest absolute Gasteiger partial charge is 0.248 e. The van der Waals surface area contributed by atoms with E-state index in [2.05, 4.69) is 10.6 Å². The van der Waals surface area contributed by atoms with Crippen molar-refractivity contribution in [3.8, 4) is 5.75 Å². The predicted molar refractivity (Wildman–Crippen MR) is 173 cm³/mol. The van der Waals surface area contributed by atoms with Crippen LogP contribution in [-0.2, 0) is 20.8 Å². The van der Waals surface area contributed by atoms with Gasteiger partial charge in [-0.25, -0.2) is 0 Å². The fourth-order valence-corrected chi connectivity index (χ4v) is 9.53. The van der Waals surface area contributed by atoms with Crippen molar-refractivity contribution < 1.29 is 24.2 Å². The molecule has 8 nitrogen and oxygen atoms in total. The molecule has 0 radical (unpaired) electrons. The molecule has 2 unspecified atom stereocenters. The molecule has 3 aliphatic rings. The van der Waals surface area contributed by atoms with E-state index in [9.17, 15) is 19.5 Å². The summed E-state index contributed by atoms with van der Waals surface area (Å²) in [5, 5.41) is 16.8. The van der Waals surface area contributed by atoms with Crippen molar-refractivity contribution in [1.29, 1.82) is 0 Å². The molecule has 3 aromatic rings. The highest BCUT2D eigenvalue weighted by atomic mass is 32.2. The Balaban J connectivity index is 1.34. The number of hydrogen-bond donors (Lipinski definition) is 3. The lowest BCUT2D eigenvalue weighted by Gasteiger charge is -2.37. The Labute approximate surface area is 262 Å². The number of carbonyl (C=O) groups is 3. The third kappa shape index (κ3) is 5.37. The fraction of sp³-hybridized carbons (Fsp3) is 0.400. The first-order chi connectivity index (χ1) is 21.3. The Hall–Kier alpha value is -3.82. The van der Waals surface area contributed by atoms with Crippen molar-refractivity contribution in [2.75, 3.05) is 23.8 Å². The summed E-state index contributed by atoms with van der Waals surface area (Å²) in [4.78, 5) is 44.5. The number of nitrogens with zero attached hydrogens (tertiary/aromatic N) is 1. The summed E-state index contributed by atoms with van der Waals surface area (Å²) in [6.45, 7) is 6.08. The standard InChI is InChI=1S/C35H39N3O5S/c1-4-43-26-14-12-24(13-15-26)36-32(40)29-28-16-17-35(44-28)30(29)34(42)38(25(20-39)19-23-8-6-5-7-9-23)31(35)33(41)37-27-18-21(2)10-11-22(27)3/h5-15,18,25,28-31,39H,4,16-17,19-20H2,1-3H3,(H,36,40)(H,37,41)/t25-,28-,29+,30+,31?,35?/m1/s1. The number of rotatable bonds is 10. The Morgan fingerprint density at radius 1 is 1.05 bits per heavy atom. The normalized spacial score (nSPS) is 25.9. The second-order valence-electron chi connectivity index (χ2n) is 12.1. The lowest BCUT2D eigenvalue weighted by atomic mass is 9.70. The van der Waals surface area contributed by atoms with Crippen molar-refractivity contribution in [3.63, 3.8) is 0 Å². The van der Waals surface area contributed by atoms with Crippen LogP contribution >= 0.6 is 11.8 Å². The lowest BCUT2D eigenvalue weighted by Crippen LogP contribution is -2.55. The van der Waals surface area contributed by atoms with Gasteiger partial charge in [-0.05, 0) is 87.1 Å². The molecule has 2 bridgehead atoms. The van der Waals surface area contributed by atoms with Gasteiger partial charge in [-0.1, -0.05) is 42.5 Å². The number of thioether (sulfide) groups is 1. The van der Waals surface area contributed by atoms with Gasteiger partial charge in [-0.3, -0.25) is 14.4 Å². The van der Waals surface area contributed by atoms with Crippen molar-refractivity contribution in [2.45, 2.75) is 62.1 Å². The number of benzene rings is 3. The molecule has 6 atom stereocenters. The van der Waals surface area contributed by atoms with E-state index >= 15 is 0 Å². The zero-order valence-corrected chi connectivity index (χ0v) is 26.1. The number of likely N-dealkylation sites (tertiary alicyclic amines) is 1. The maximum absolute atomic E-state index is 14.6. The molecule has 3 fully saturated rings. The number of anilines is 2. The van der Waals surface area contributed by atoms with E-state index < -0.39 is 28.7 Å². The molecule has 1 spiro atoms. The van der Waals surface area contributed by atoms with Gasteiger partial charge >= 0.3 is 0 Å². The zero-order valence-electron chi connectivity index (χ0n) is 25.3. The van der Waals surface area contributed by atoms with E-state index in [-0.39, 0.29) is 29.6 Å². The first kappa shape index (κ1) is 30.2. The molecule has 3 heterocycles. The van der Waals surface area contributed by atoms with Gasteiger partial charge in [0.05, 0.1) is 35.8 Å². The highest BCUT2D eigenvalue weighted by Gasteiger charge is 2.74. The van der Waals surface area contributed by atoms with E-state index in [1.807, 2.05) is 81.4 Å². The zero-order chi connectivity index (χ0) is 31.0. The van der Waals surface area contributed by atoms with Crippen LogP contribution in [0.5, 0.6) is 5.75 Å². The Morgan fingerprint density at radius 2 is 1.80 bits per heavy atom. The van der Waals surface area contributed by atoms with Gasteiger partial charge < -0.3 is 25.4 Å². The quantitative estimate of drug-likeness (QED) is 0.298. The summed E-state index contributed by atoms with van der Waals surface area (Å²) >= 11 is 1.62. The summed E-state index contributed by atoms with van der Waals surface area (Å²) in [6.07, 6.45) is 1.78. The molecule has 3 N–H and O–H groups in total. The molecule has 0 saturated carbocycles. The van der Waals surface area contributed by atoms with Crippen LogP contribution in [0.25, 0.3) is 0 Å². The molecular weight excluding hydrogens is 574 g/mol. The molecule has 0 aromatic heterocycles. The molecular formula is C35H39N3O5S. The third-order valence-electron chi connectivity index (χ3n) is 9.29. The van der Waals surface area contributed by atoms with E-state index in [0.717, 1.165) is 23.1 Å². The third-order valence-corrected chi connectivity index (χ3v) is 11.2. The van der Waals surface area contributed by atoms with E-state index in [1.54, 1.807) is 28.8 Å². The monoisotopic (exact) mass is 613 g/mol. The summed E-state index contributed by atoms with van der Waals surface area (Å²) in [5.41, 5.74) is 4.23. The number of hydrogen-bond acceptors (Lipinski definition) is 6. The first-order valence-corrected chi connectivity index (χ1v) is 16.2. The lowest BCUT2D eigenvalue weighted by molar-refractivity contribution is -0.141. The second kappa shape index (κ2) is 12.3. The summed E-state index contributed by atoms with van der Waals surface area (Å²) in [7, 11) is 0. The highest BCUT2D eigenvalue weighted by Crippen LogP contribution is 2.66. The Kier molecular flexibility index (Phi) is 8.44. The number of aryl methyl sites for hydroxylation is 2. The largest absolute Gasteiger partial charge is 0.494 e. The Morgan fingerprint density at radius 3 is 2.50 bits per heavy atom. The van der Waals surface area contributed by atoms with Gasteiger partial charge in [-0.2, -0.15) is 0 Å². The van der Waals surface area contributed by atoms with E-state index in [0.29, 0.717) is 36.6 Å². The van der Waals surface area contributed by atoms with Gasteiger partial charge in [0, 0.05) is 16.6 Å². The minimum Gasteiger partial charge on any atom is -0.494 e. The fourth-order valence-electron chi connectivity index (χ4n) is 7.32. The summed E-state index contributed by atoms with van der Waals surface area (Å²) in [6, 6.07) is 21.3. The van der Waals surface area contributed by atoms with Crippen molar-refractivity contribution >= 4 is 40.9 Å². The van der Waals surface area contributed by atoms with Crippen molar-refractivity contribution in [2.24, 2.45) is 11.8 Å². The number of ether oxygens (including phenoxy) is 1. The van der Waals surface area contributed by atoms with Crippen LogP contribution in [0.4, 0.5) is 11.4 Å². The van der Waals surface area contributed by atoms with Crippen molar-refractivity contribution in [1.82, 2.24) is 4.90 Å². The number of fused-ring (bicyclic) bond motifs is 1. The number of amides is 3.